The number of nitrogens with zero attached hydrogens (tertiary/aromatic N) is 4. The number of halogens is 1. The van der Waals surface area contributed by atoms with Gasteiger partial charge in [-0.3, -0.25) is 14.9 Å². The first kappa shape index (κ1) is 17.7. The van der Waals surface area contributed by atoms with Gasteiger partial charge in [-0.25, -0.2) is 4.68 Å². The topological polar surface area (TPSA) is 103 Å². The number of non-ortho nitro benzene ring substituents is 1. The molecule has 0 radical (unpaired) electrons. The van der Waals surface area contributed by atoms with E-state index in [0.717, 1.165) is 10.0 Å². The van der Waals surface area contributed by atoms with E-state index in [1.807, 2.05) is 19.1 Å². The van der Waals surface area contributed by atoms with Gasteiger partial charge in [-0.2, -0.15) is 0 Å². The molecule has 3 aromatic rings. The third kappa shape index (κ3) is 3.47. The van der Waals surface area contributed by atoms with Crippen LogP contribution in [-0.4, -0.2) is 25.8 Å². The molecule has 132 valence electrons. The zero-order valence-corrected chi connectivity index (χ0v) is 15.5. The summed E-state index contributed by atoms with van der Waals surface area (Å²) in [6, 6.07) is 11.4. The Morgan fingerprint density at radius 2 is 2.00 bits per heavy atom. The van der Waals surface area contributed by atoms with Crippen LogP contribution in [0, 0.1) is 24.0 Å². The molecule has 0 aliphatic carbocycles. The molecular weight excluding hydrogens is 402 g/mol. The van der Waals surface area contributed by atoms with Gasteiger partial charge in [-0.05, 0) is 43.7 Å². The molecule has 9 heteroatoms. The van der Waals surface area contributed by atoms with Crippen molar-refractivity contribution in [3.05, 3.63) is 74.0 Å². The van der Waals surface area contributed by atoms with Gasteiger partial charge in [0.15, 0.2) is 5.69 Å². The molecule has 0 bridgehead atoms. The average molecular weight is 416 g/mol. The third-order valence-electron chi connectivity index (χ3n) is 3.81. The average Bonchev–Trinajstić information content (AvgIpc) is 3.00. The highest BCUT2D eigenvalue weighted by Crippen LogP contribution is 2.22. The van der Waals surface area contributed by atoms with Crippen LogP contribution >= 0.6 is 15.9 Å². The number of aryl methyl sites for hydroxylation is 1. The van der Waals surface area contributed by atoms with E-state index in [2.05, 4.69) is 31.6 Å². The monoisotopic (exact) mass is 415 g/mol. The van der Waals surface area contributed by atoms with Crippen molar-refractivity contribution >= 4 is 33.2 Å². The predicted octanol–water partition coefficient (Wildman–Crippen LogP) is 3.81. The highest BCUT2D eigenvalue weighted by molar-refractivity contribution is 9.10. The standard InChI is InChI=1S/C17H14BrN5O3/c1-10-8-12(6-7-15(10)18)19-17(24)16-11(2)22(21-20-16)13-4-3-5-14(9-13)23(25)26/h3-9H,1-2H3,(H,19,24). The first-order valence-electron chi connectivity index (χ1n) is 7.61. The van der Waals surface area contributed by atoms with E-state index in [1.54, 1.807) is 25.1 Å². The minimum atomic E-state index is -0.487. The van der Waals surface area contributed by atoms with E-state index in [0.29, 0.717) is 17.1 Å². The molecule has 26 heavy (non-hydrogen) atoms. The Morgan fingerprint density at radius 1 is 1.23 bits per heavy atom. The molecule has 0 aliphatic rings. The molecular formula is C17H14BrN5O3. The normalized spacial score (nSPS) is 10.6. The fraction of sp³-hybridized carbons (Fsp3) is 0.118. The Balaban J connectivity index is 1.88. The minimum absolute atomic E-state index is 0.0614. The Labute approximate surface area is 157 Å². The molecule has 1 N–H and O–H groups in total. The molecule has 1 heterocycles. The van der Waals surface area contributed by atoms with E-state index in [4.69, 9.17) is 0 Å². The van der Waals surface area contributed by atoms with Crippen LogP contribution in [-0.2, 0) is 0 Å². The van der Waals surface area contributed by atoms with E-state index in [1.165, 1.54) is 16.8 Å². The SMILES string of the molecule is Cc1cc(NC(=O)c2nnn(-c3cccc([N+](=O)[O-])c3)c2C)ccc1Br. The quantitative estimate of drug-likeness (QED) is 0.515. The summed E-state index contributed by atoms with van der Waals surface area (Å²) in [6.07, 6.45) is 0. The number of nitro groups is 1. The summed E-state index contributed by atoms with van der Waals surface area (Å²) in [6.45, 7) is 3.60. The lowest BCUT2D eigenvalue weighted by atomic mass is 10.2. The van der Waals surface area contributed by atoms with Gasteiger partial charge in [0.1, 0.15) is 0 Å². The third-order valence-corrected chi connectivity index (χ3v) is 4.70. The number of rotatable bonds is 4. The van der Waals surface area contributed by atoms with Gasteiger partial charge < -0.3 is 5.32 Å². The predicted molar refractivity (Wildman–Crippen MR) is 99.6 cm³/mol. The molecule has 0 saturated heterocycles. The van der Waals surface area contributed by atoms with Crippen molar-refractivity contribution in [1.29, 1.82) is 0 Å². The molecule has 1 aromatic heterocycles. The molecule has 1 amide bonds. The second kappa shape index (κ2) is 7.04. The van der Waals surface area contributed by atoms with Gasteiger partial charge in [0, 0.05) is 22.3 Å². The molecule has 2 aromatic carbocycles. The Hall–Kier alpha value is -3.07. The molecule has 0 atom stereocenters. The zero-order chi connectivity index (χ0) is 18.8. The minimum Gasteiger partial charge on any atom is -0.321 e. The smallest absolute Gasteiger partial charge is 0.278 e. The van der Waals surface area contributed by atoms with Gasteiger partial charge >= 0.3 is 0 Å². The lowest BCUT2D eigenvalue weighted by Gasteiger charge is -2.07. The summed E-state index contributed by atoms with van der Waals surface area (Å²) in [4.78, 5) is 22.9. The van der Waals surface area contributed by atoms with Crippen LogP contribution in [0.1, 0.15) is 21.7 Å². The summed E-state index contributed by atoms with van der Waals surface area (Å²) in [7, 11) is 0. The molecule has 3 rings (SSSR count). The number of hydrogen-bond donors (Lipinski definition) is 1. The summed E-state index contributed by atoms with van der Waals surface area (Å²) >= 11 is 3.41. The van der Waals surface area contributed by atoms with Crippen LogP contribution in [0.3, 0.4) is 0 Å². The van der Waals surface area contributed by atoms with Crippen LogP contribution in [0.15, 0.2) is 46.9 Å². The van der Waals surface area contributed by atoms with Gasteiger partial charge in [0.2, 0.25) is 0 Å². The Kier molecular flexibility index (Phi) is 4.81. The number of nitrogens with one attached hydrogen (secondary N) is 1. The Bertz CT molecular complexity index is 1020. The van der Waals surface area contributed by atoms with Crippen molar-refractivity contribution in [2.45, 2.75) is 13.8 Å². The van der Waals surface area contributed by atoms with Gasteiger partial charge in [0.05, 0.1) is 16.3 Å². The summed E-state index contributed by atoms with van der Waals surface area (Å²) in [5, 5.41) is 21.6. The molecule has 0 fully saturated rings. The molecule has 0 aliphatic heterocycles. The number of hydrogen-bond acceptors (Lipinski definition) is 5. The lowest BCUT2D eigenvalue weighted by Crippen LogP contribution is -2.14. The largest absolute Gasteiger partial charge is 0.321 e. The number of benzene rings is 2. The molecule has 0 unspecified atom stereocenters. The Morgan fingerprint density at radius 3 is 2.69 bits per heavy atom. The second-order valence-electron chi connectivity index (χ2n) is 5.63. The number of aromatic nitrogens is 3. The van der Waals surface area contributed by atoms with Gasteiger partial charge in [0.25, 0.3) is 11.6 Å². The van der Waals surface area contributed by atoms with E-state index in [-0.39, 0.29) is 11.4 Å². The first-order chi connectivity index (χ1) is 12.4. The van der Waals surface area contributed by atoms with Crippen molar-refractivity contribution in [2.24, 2.45) is 0 Å². The number of carbonyl (C=O) groups is 1. The summed E-state index contributed by atoms with van der Waals surface area (Å²) in [5.41, 5.74) is 2.66. The molecule has 8 nitrogen and oxygen atoms in total. The zero-order valence-electron chi connectivity index (χ0n) is 13.9. The fourth-order valence-electron chi connectivity index (χ4n) is 2.44. The molecule has 0 saturated carbocycles. The lowest BCUT2D eigenvalue weighted by molar-refractivity contribution is -0.384. The maximum atomic E-state index is 12.5. The van der Waals surface area contributed by atoms with Crippen molar-refractivity contribution < 1.29 is 9.72 Å². The van der Waals surface area contributed by atoms with Crippen LogP contribution in [0.25, 0.3) is 5.69 Å². The van der Waals surface area contributed by atoms with E-state index in [9.17, 15) is 14.9 Å². The maximum absolute atomic E-state index is 12.5. The van der Waals surface area contributed by atoms with Gasteiger partial charge in [-0.15, -0.1) is 5.10 Å². The van der Waals surface area contributed by atoms with Crippen molar-refractivity contribution in [2.75, 3.05) is 5.32 Å². The summed E-state index contributed by atoms with van der Waals surface area (Å²) < 4.78 is 2.35. The highest BCUT2D eigenvalue weighted by Gasteiger charge is 2.18. The highest BCUT2D eigenvalue weighted by atomic mass is 79.9. The van der Waals surface area contributed by atoms with Crippen LogP contribution in [0.4, 0.5) is 11.4 Å². The fourth-order valence-corrected chi connectivity index (χ4v) is 2.68. The number of carbonyl (C=O) groups excluding carboxylic acids is 1. The van der Waals surface area contributed by atoms with Crippen molar-refractivity contribution in [3.63, 3.8) is 0 Å². The maximum Gasteiger partial charge on any atom is 0.278 e. The van der Waals surface area contributed by atoms with E-state index >= 15 is 0 Å². The first-order valence-corrected chi connectivity index (χ1v) is 8.41. The second-order valence-corrected chi connectivity index (χ2v) is 6.48. The van der Waals surface area contributed by atoms with Crippen molar-refractivity contribution in [1.82, 2.24) is 15.0 Å². The number of amides is 1. The van der Waals surface area contributed by atoms with E-state index < -0.39 is 10.8 Å². The van der Waals surface area contributed by atoms with Crippen molar-refractivity contribution in [3.8, 4) is 5.69 Å². The van der Waals surface area contributed by atoms with Gasteiger partial charge in [-0.1, -0.05) is 27.2 Å². The number of nitro benzene ring substituents is 1. The molecule has 0 spiro atoms. The van der Waals surface area contributed by atoms with Crippen LogP contribution in [0.5, 0.6) is 0 Å². The van der Waals surface area contributed by atoms with Crippen LogP contribution < -0.4 is 5.32 Å². The van der Waals surface area contributed by atoms with Crippen LogP contribution in [0.2, 0.25) is 0 Å². The number of anilines is 1. The summed E-state index contributed by atoms with van der Waals surface area (Å²) in [5.74, 6) is -0.402.